The Balaban J connectivity index is 1.63. The number of carboxylic acids is 1. The number of fused-ring (bicyclic) bond motifs is 3. The van der Waals surface area contributed by atoms with E-state index >= 15 is 0 Å². The van der Waals surface area contributed by atoms with Crippen LogP contribution in [0.1, 0.15) is 30.2 Å². The van der Waals surface area contributed by atoms with Gasteiger partial charge in [0.15, 0.2) is 0 Å². The zero-order chi connectivity index (χ0) is 21.5. The van der Waals surface area contributed by atoms with Gasteiger partial charge in [0.05, 0.1) is 12.0 Å². The highest BCUT2D eigenvalue weighted by atomic mass is 19.2. The van der Waals surface area contributed by atoms with Gasteiger partial charge in [-0.2, -0.15) is 5.12 Å². The van der Waals surface area contributed by atoms with Crippen LogP contribution in [0.15, 0.2) is 48.5 Å². The van der Waals surface area contributed by atoms with E-state index in [2.05, 4.69) is 0 Å². The van der Waals surface area contributed by atoms with Crippen molar-refractivity contribution in [3.8, 4) is 0 Å². The third kappa shape index (κ3) is 3.56. The van der Waals surface area contributed by atoms with Crippen LogP contribution < -0.4 is 0 Å². The Morgan fingerprint density at radius 3 is 2.57 bits per heavy atom. The van der Waals surface area contributed by atoms with Crippen molar-refractivity contribution >= 4 is 22.8 Å². The third-order valence-corrected chi connectivity index (χ3v) is 5.94. The van der Waals surface area contributed by atoms with Crippen molar-refractivity contribution in [3.63, 3.8) is 0 Å². The summed E-state index contributed by atoms with van der Waals surface area (Å²) in [7, 11) is 0. The maximum absolute atomic E-state index is 14.8. The molecule has 5 nitrogen and oxygen atoms in total. The predicted molar refractivity (Wildman–Crippen MR) is 108 cm³/mol. The molecule has 0 fully saturated rings. The molecule has 0 spiro atoms. The second kappa shape index (κ2) is 7.55. The summed E-state index contributed by atoms with van der Waals surface area (Å²) >= 11 is 0. The van der Waals surface area contributed by atoms with Gasteiger partial charge < -0.3 is 9.67 Å². The number of amides is 1. The number of carboxylic acid groups (broad SMARTS) is 1. The number of aromatic nitrogens is 1. The molecule has 1 aliphatic carbocycles. The number of carbonyl (C=O) groups excluding carboxylic acids is 1. The molecule has 156 valence electrons. The monoisotopic (exact) mass is 412 g/mol. The highest BCUT2D eigenvalue weighted by Crippen LogP contribution is 2.41. The lowest BCUT2D eigenvalue weighted by Crippen LogP contribution is -2.42. The Kier molecular flexibility index (Phi) is 5.05. The summed E-state index contributed by atoms with van der Waals surface area (Å²) in [4.78, 5) is 24.4. The van der Waals surface area contributed by atoms with E-state index in [1.807, 2.05) is 24.3 Å². The molecule has 1 unspecified atom stereocenters. The van der Waals surface area contributed by atoms with Crippen LogP contribution in [0.2, 0.25) is 0 Å². The fourth-order valence-electron chi connectivity index (χ4n) is 4.40. The van der Waals surface area contributed by atoms with E-state index in [9.17, 15) is 23.6 Å². The molecule has 7 heteroatoms. The van der Waals surface area contributed by atoms with Gasteiger partial charge >= 0.3 is 5.97 Å². The van der Waals surface area contributed by atoms with Crippen LogP contribution in [0, 0.1) is 11.2 Å². The van der Waals surface area contributed by atoms with Crippen LogP contribution >= 0.6 is 0 Å². The molecule has 1 atom stereocenters. The van der Waals surface area contributed by atoms with Crippen LogP contribution in [-0.4, -0.2) is 26.7 Å². The summed E-state index contributed by atoms with van der Waals surface area (Å²) in [6.45, 7) is 1.35. The minimum absolute atomic E-state index is 0.152. The average molecular weight is 412 g/mol. The van der Waals surface area contributed by atoms with E-state index in [0.29, 0.717) is 24.8 Å². The Morgan fingerprint density at radius 2 is 1.87 bits per heavy atom. The molecule has 0 radical (unpaired) electrons. The molecule has 1 aromatic heterocycles. The van der Waals surface area contributed by atoms with Gasteiger partial charge in [0.25, 0.3) is 5.91 Å². The van der Waals surface area contributed by atoms with E-state index in [1.165, 1.54) is 24.3 Å². The van der Waals surface area contributed by atoms with Crippen LogP contribution in [0.5, 0.6) is 0 Å². The minimum atomic E-state index is -0.944. The van der Waals surface area contributed by atoms with Gasteiger partial charge in [0.2, 0.25) is 0 Å². The largest absolute Gasteiger partial charge is 0.480 e. The van der Waals surface area contributed by atoms with Gasteiger partial charge in [-0.1, -0.05) is 41.7 Å². The van der Waals surface area contributed by atoms with Crippen molar-refractivity contribution in [2.45, 2.75) is 39.3 Å². The highest BCUT2D eigenvalue weighted by Gasteiger charge is 2.42. The molecule has 1 N–H and O–H groups in total. The summed E-state index contributed by atoms with van der Waals surface area (Å²) in [5.41, 5.74) is 2.17. The predicted octanol–water partition coefficient (Wildman–Crippen LogP) is 4.27. The van der Waals surface area contributed by atoms with E-state index in [1.54, 1.807) is 11.5 Å². The van der Waals surface area contributed by atoms with E-state index in [4.69, 9.17) is 0 Å². The second-order valence-corrected chi connectivity index (χ2v) is 8.11. The Labute approximate surface area is 172 Å². The maximum Gasteiger partial charge on any atom is 0.323 e. The van der Waals surface area contributed by atoms with Crippen LogP contribution in [0.25, 0.3) is 10.9 Å². The Hall–Kier alpha value is -3.22. The van der Waals surface area contributed by atoms with Gasteiger partial charge in [-0.25, -0.2) is 4.39 Å². The number of benzene rings is 2. The number of aliphatic carboxylic acids is 1. The number of halogens is 2. The number of rotatable bonds is 5. The number of hydrogen-bond acceptors (Lipinski definition) is 2. The maximum atomic E-state index is 14.8. The molecule has 1 heterocycles. The van der Waals surface area contributed by atoms with Gasteiger partial charge in [0, 0.05) is 16.6 Å². The van der Waals surface area contributed by atoms with Crippen LogP contribution in [-0.2, 0) is 35.5 Å². The van der Waals surface area contributed by atoms with E-state index in [0.717, 1.165) is 22.2 Å². The summed E-state index contributed by atoms with van der Waals surface area (Å²) < 4.78 is 29.6. The topological polar surface area (TPSA) is 62.5 Å². The Bertz CT molecular complexity index is 1120. The summed E-state index contributed by atoms with van der Waals surface area (Å²) in [6.07, 6.45) is 1.24. The standard InChI is InChI=1S/C23H22F2N2O3/c1-23(22(30)27(25)13-15-6-8-16(24)9-7-15)11-10-20-18(12-23)17-4-2-3-5-19(17)26(20)14-21(28)29/h2-9H,10-14H2,1H3,(H,28,29). The normalized spacial score (nSPS) is 18.2. The fourth-order valence-corrected chi connectivity index (χ4v) is 4.40. The number of para-hydroxylation sites is 1. The van der Waals surface area contributed by atoms with Crippen molar-refractivity contribution in [3.05, 3.63) is 71.2 Å². The molecule has 1 amide bonds. The van der Waals surface area contributed by atoms with Gasteiger partial charge in [-0.3, -0.25) is 9.59 Å². The first-order valence-corrected chi connectivity index (χ1v) is 9.81. The smallest absolute Gasteiger partial charge is 0.323 e. The van der Waals surface area contributed by atoms with Gasteiger partial charge in [-0.05, 0) is 48.6 Å². The molecule has 2 aromatic carbocycles. The molecule has 30 heavy (non-hydrogen) atoms. The van der Waals surface area contributed by atoms with Gasteiger partial charge in [-0.15, -0.1) is 0 Å². The number of carbonyl (C=O) groups is 2. The quantitative estimate of drug-likeness (QED) is 0.637. The lowest BCUT2D eigenvalue weighted by Gasteiger charge is -2.34. The second-order valence-electron chi connectivity index (χ2n) is 8.11. The van der Waals surface area contributed by atoms with E-state index < -0.39 is 23.1 Å². The SMILES string of the molecule is CC1(C(=O)N(F)Cc2ccc(F)cc2)CCc2c(c3ccccc3n2CC(=O)O)C1. The zero-order valence-electron chi connectivity index (χ0n) is 16.6. The lowest BCUT2D eigenvalue weighted by molar-refractivity contribution is -0.159. The first-order chi connectivity index (χ1) is 14.3. The first-order valence-electron chi connectivity index (χ1n) is 9.81. The summed E-state index contributed by atoms with van der Waals surface area (Å²) in [6, 6.07) is 12.9. The molecule has 3 aromatic rings. The van der Waals surface area contributed by atoms with Gasteiger partial charge in [0.1, 0.15) is 12.4 Å². The zero-order valence-corrected chi connectivity index (χ0v) is 16.6. The number of nitrogens with zero attached hydrogens (tertiary/aromatic N) is 2. The van der Waals surface area contributed by atoms with Crippen molar-refractivity contribution in [2.24, 2.45) is 5.41 Å². The van der Waals surface area contributed by atoms with Crippen LogP contribution in [0.4, 0.5) is 8.87 Å². The van der Waals surface area contributed by atoms with E-state index in [-0.39, 0.29) is 18.2 Å². The minimum Gasteiger partial charge on any atom is -0.480 e. The molecular weight excluding hydrogens is 390 g/mol. The fraction of sp³-hybridized carbons (Fsp3) is 0.304. The van der Waals surface area contributed by atoms with Crippen molar-refractivity contribution in [2.75, 3.05) is 0 Å². The molecular formula is C23H22F2N2O3. The lowest BCUT2D eigenvalue weighted by atomic mass is 9.73. The molecule has 0 bridgehead atoms. The summed E-state index contributed by atoms with van der Waals surface area (Å²) in [5, 5.41) is 10.4. The van der Waals surface area contributed by atoms with Crippen molar-refractivity contribution in [1.82, 2.24) is 9.69 Å². The number of hydrogen-bond donors (Lipinski definition) is 1. The first kappa shape index (κ1) is 20.1. The molecule has 1 aliphatic rings. The van der Waals surface area contributed by atoms with Crippen LogP contribution in [0.3, 0.4) is 0 Å². The van der Waals surface area contributed by atoms with Crippen molar-refractivity contribution < 1.29 is 23.6 Å². The average Bonchev–Trinajstić information content (AvgIpc) is 3.01. The summed E-state index contributed by atoms with van der Waals surface area (Å²) in [5.74, 6) is -1.97. The molecule has 0 aliphatic heterocycles. The molecule has 0 saturated carbocycles. The molecule has 4 rings (SSSR count). The Morgan fingerprint density at radius 1 is 1.17 bits per heavy atom. The third-order valence-electron chi connectivity index (χ3n) is 5.94. The molecule has 0 saturated heterocycles. The highest BCUT2D eigenvalue weighted by molar-refractivity contribution is 5.89. The van der Waals surface area contributed by atoms with Crippen molar-refractivity contribution in [1.29, 1.82) is 0 Å².